The summed E-state index contributed by atoms with van der Waals surface area (Å²) >= 11 is 0. The third-order valence-corrected chi connectivity index (χ3v) is 3.52. The smallest absolute Gasteiger partial charge is 0.337 e. The van der Waals surface area contributed by atoms with Crippen LogP contribution in [0.2, 0.25) is 0 Å². The molecule has 0 heterocycles. The van der Waals surface area contributed by atoms with Crippen molar-refractivity contribution < 1.29 is 44.7 Å². The lowest BCUT2D eigenvalue weighted by Gasteiger charge is -2.14. The highest BCUT2D eigenvalue weighted by atomic mass is 16.4. The van der Waals surface area contributed by atoms with Gasteiger partial charge in [0.1, 0.15) is 11.5 Å². The van der Waals surface area contributed by atoms with E-state index in [-0.39, 0.29) is 5.56 Å². The van der Waals surface area contributed by atoms with Crippen molar-refractivity contribution in [1.82, 2.24) is 0 Å². The fourth-order valence-corrected chi connectivity index (χ4v) is 2.37. The lowest BCUT2D eigenvalue weighted by Crippen LogP contribution is -2.18. The SMILES string of the molecule is O=C(O)Cc1cc(O)cc(C(=O)Nc2c(C(=O)O)cccc2C(=O)O)c1O. The lowest BCUT2D eigenvalue weighted by atomic mass is 10.0. The van der Waals surface area contributed by atoms with Crippen LogP contribution in [0.25, 0.3) is 0 Å². The number of aromatic carboxylic acids is 2. The second-order valence-electron chi connectivity index (χ2n) is 5.36. The maximum atomic E-state index is 12.5. The molecule has 10 heteroatoms. The fourth-order valence-electron chi connectivity index (χ4n) is 2.37. The fraction of sp³-hybridized carbons (Fsp3) is 0.0588. The zero-order chi connectivity index (χ0) is 20.3. The van der Waals surface area contributed by atoms with Gasteiger partial charge in [-0.15, -0.1) is 0 Å². The minimum atomic E-state index is -1.50. The molecule has 0 saturated heterocycles. The van der Waals surface area contributed by atoms with Gasteiger partial charge in [0.25, 0.3) is 5.91 Å². The number of rotatable bonds is 6. The molecule has 2 aromatic rings. The van der Waals surface area contributed by atoms with Crippen LogP contribution in [0, 0.1) is 0 Å². The minimum Gasteiger partial charge on any atom is -0.508 e. The van der Waals surface area contributed by atoms with Crippen molar-refractivity contribution in [3.05, 3.63) is 52.6 Å². The molecule has 1 amide bonds. The van der Waals surface area contributed by atoms with E-state index in [1.165, 1.54) is 6.07 Å². The van der Waals surface area contributed by atoms with Gasteiger partial charge in [0, 0.05) is 5.56 Å². The number of aromatic hydroxyl groups is 2. The van der Waals surface area contributed by atoms with Crippen LogP contribution in [0.1, 0.15) is 36.6 Å². The third kappa shape index (κ3) is 4.12. The molecule has 0 aromatic heterocycles. The molecule has 0 aliphatic rings. The summed E-state index contributed by atoms with van der Waals surface area (Å²) < 4.78 is 0. The number of phenolic OH excluding ortho intramolecular Hbond substituents is 2. The molecule has 2 rings (SSSR count). The summed E-state index contributed by atoms with van der Waals surface area (Å²) in [5.41, 5.74) is -2.34. The number of para-hydroxylation sites is 1. The Labute approximate surface area is 150 Å². The number of hydrogen-bond acceptors (Lipinski definition) is 6. The molecule has 0 radical (unpaired) electrons. The summed E-state index contributed by atoms with van der Waals surface area (Å²) in [6, 6.07) is 5.11. The summed E-state index contributed by atoms with van der Waals surface area (Å²) in [5.74, 6) is -6.71. The van der Waals surface area contributed by atoms with Gasteiger partial charge in [-0.2, -0.15) is 0 Å². The molecule has 0 bridgehead atoms. The number of carboxylic acid groups (broad SMARTS) is 3. The van der Waals surface area contributed by atoms with E-state index in [9.17, 15) is 39.6 Å². The van der Waals surface area contributed by atoms with Gasteiger partial charge in [-0.25, -0.2) is 9.59 Å². The molecular formula is C17H13NO9. The van der Waals surface area contributed by atoms with Crippen molar-refractivity contribution in [2.24, 2.45) is 0 Å². The van der Waals surface area contributed by atoms with E-state index >= 15 is 0 Å². The van der Waals surface area contributed by atoms with E-state index in [4.69, 9.17) is 5.11 Å². The molecule has 0 spiro atoms. The number of benzene rings is 2. The number of hydrogen-bond donors (Lipinski definition) is 6. The Morgan fingerprint density at radius 3 is 1.89 bits per heavy atom. The molecule has 140 valence electrons. The van der Waals surface area contributed by atoms with Crippen molar-refractivity contribution in [2.45, 2.75) is 6.42 Å². The Morgan fingerprint density at radius 2 is 1.41 bits per heavy atom. The van der Waals surface area contributed by atoms with E-state index < -0.39 is 64.1 Å². The van der Waals surface area contributed by atoms with Crippen LogP contribution in [-0.2, 0) is 11.2 Å². The number of aliphatic carboxylic acids is 1. The quantitative estimate of drug-likeness (QED) is 0.406. The molecule has 0 aliphatic carbocycles. The van der Waals surface area contributed by atoms with Gasteiger partial charge in [0.15, 0.2) is 0 Å². The first-order chi connectivity index (χ1) is 12.6. The Hall–Kier alpha value is -4.08. The number of carboxylic acids is 3. The zero-order valence-corrected chi connectivity index (χ0v) is 13.5. The number of anilines is 1. The topological polar surface area (TPSA) is 181 Å². The van der Waals surface area contributed by atoms with E-state index in [1.54, 1.807) is 0 Å². The number of phenols is 2. The maximum absolute atomic E-state index is 12.5. The molecule has 10 nitrogen and oxygen atoms in total. The van der Waals surface area contributed by atoms with Gasteiger partial charge in [-0.05, 0) is 24.3 Å². The molecule has 0 atom stereocenters. The van der Waals surface area contributed by atoms with Crippen LogP contribution in [0.4, 0.5) is 5.69 Å². The first-order valence-corrected chi connectivity index (χ1v) is 7.29. The number of carbonyl (C=O) groups is 4. The van der Waals surface area contributed by atoms with Crippen LogP contribution in [0.3, 0.4) is 0 Å². The third-order valence-electron chi connectivity index (χ3n) is 3.52. The van der Waals surface area contributed by atoms with Gasteiger partial charge in [0.2, 0.25) is 0 Å². The van der Waals surface area contributed by atoms with E-state index in [2.05, 4.69) is 5.32 Å². The molecular weight excluding hydrogens is 362 g/mol. The van der Waals surface area contributed by atoms with Gasteiger partial charge in [-0.1, -0.05) is 6.07 Å². The number of nitrogens with one attached hydrogen (secondary N) is 1. The van der Waals surface area contributed by atoms with Crippen LogP contribution in [-0.4, -0.2) is 49.3 Å². The number of carbonyl (C=O) groups excluding carboxylic acids is 1. The Morgan fingerprint density at radius 1 is 0.852 bits per heavy atom. The minimum absolute atomic E-state index is 0.252. The summed E-state index contributed by atoms with van der Waals surface area (Å²) in [5, 5.41) is 49.1. The van der Waals surface area contributed by atoms with E-state index in [0.29, 0.717) is 0 Å². The Balaban J connectivity index is 2.53. The van der Waals surface area contributed by atoms with Gasteiger partial charge in [-0.3, -0.25) is 9.59 Å². The molecule has 0 aliphatic heterocycles. The molecule has 0 fully saturated rings. The largest absolute Gasteiger partial charge is 0.508 e. The zero-order valence-electron chi connectivity index (χ0n) is 13.5. The molecule has 0 unspecified atom stereocenters. The van der Waals surface area contributed by atoms with Crippen molar-refractivity contribution in [3.63, 3.8) is 0 Å². The average Bonchev–Trinajstić information content (AvgIpc) is 2.56. The Kier molecular flexibility index (Phi) is 5.30. The van der Waals surface area contributed by atoms with E-state index in [0.717, 1.165) is 24.3 Å². The van der Waals surface area contributed by atoms with Gasteiger partial charge < -0.3 is 30.8 Å². The highest BCUT2D eigenvalue weighted by Crippen LogP contribution is 2.30. The first kappa shape index (κ1) is 19.2. The number of amides is 1. The predicted molar refractivity (Wildman–Crippen MR) is 89.4 cm³/mol. The van der Waals surface area contributed by atoms with Gasteiger partial charge >= 0.3 is 17.9 Å². The summed E-state index contributed by atoms with van der Waals surface area (Å²) in [6.07, 6.45) is -0.688. The van der Waals surface area contributed by atoms with Crippen molar-refractivity contribution in [1.29, 1.82) is 0 Å². The second-order valence-corrected chi connectivity index (χ2v) is 5.36. The predicted octanol–water partition coefficient (Wildman–Crippen LogP) is 1.37. The molecule has 27 heavy (non-hydrogen) atoms. The van der Waals surface area contributed by atoms with Crippen LogP contribution >= 0.6 is 0 Å². The lowest BCUT2D eigenvalue weighted by molar-refractivity contribution is -0.136. The second kappa shape index (κ2) is 7.44. The first-order valence-electron chi connectivity index (χ1n) is 7.29. The Bertz CT molecular complexity index is 933. The van der Waals surface area contributed by atoms with Crippen molar-refractivity contribution >= 4 is 29.5 Å². The molecule has 6 N–H and O–H groups in total. The van der Waals surface area contributed by atoms with Gasteiger partial charge in [0.05, 0.1) is 28.8 Å². The average molecular weight is 375 g/mol. The monoisotopic (exact) mass is 375 g/mol. The van der Waals surface area contributed by atoms with E-state index in [1.807, 2.05) is 0 Å². The van der Waals surface area contributed by atoms with Crippen LogP contribution in [0.15, 0.2) is 30.3 Å². The molecule has 0 saturated carbocycles. The molecule has 2 aromatic carbocycles. The normalized spacial score (nSPS) is 10.2. The summed E-state index contributed by atoms with van der Waals surface area (Å²) in [4.78, 5) is 45.9. The summed E-state index contributed by atoms with van der Waals surface area (Å²) in [6.45, 7) is 0. The maximum Gasteiger partial charge on any atom is 0.337 e. The van der Waals surface area contributed by atoms with Crippen LogP contribution in [0.5, 0.6) is 11.5 Å². The summed E-state index contributed by atoms with van der Waals surface area (Å²) in [7, 11) is 0. The van der Waals surface area contributed by atoms with Crippen molar-refractivity contribution in [2.75, 3.05) is 5.32 Å². The van der Waals surface area contributed by atoms with Crippen LogP contribution < -0.4 is 5.32 Å². The standard InChI is InChI=1S/C17H13NO9/c19-8-4-7(5-12(20)21)14(22)11(6-8)15(23)18-13-9(16(24)25)2-1-3-10(13)17(26)27/h1-4,6,19,22H,5H2,(H,18,23)(H,20,21)(H,24,25)(H,26,27). The highest BCUT2D eigenvalue weighted by Gasteiger charge is 2.23. The van der Waals surface area contributed by atoms with Crippen molar-refractivity contribution in [3.8, 4) is 11.5 Å². The highest BCUT2D eigenvalue weighted by molar-refractivity contribution is 6.13.